The molecule has 0 saturated heterocycles. The summed E-state index contributed by atoms with van der Waals surface area (Å²) >= 11 is 0. The first-order valence-electron chi connectivity index (χ1n) is 10.8. The second-order valence-electron chi connectivity index (χ2n) is 10.7. The van der Waals surface area contributed by atoms with E-state index in [4.69, 9.17) is 0 Å². The predicted octanol–water partition coefficient (Wildman–Crippen LogP) is 8.30. The van der Waals surface area contributed by atoms with Crippen molar-refractivity contribution < 1.29 is 0 Å². The molecule has 0 N–H and O–H groups in total. The van der Waals surface area contributed by atoms with Gasteiger partial charge in [0.2, 0.25) is 0 Å². The molecule has 2 aromatic rings. The van der Waals surface area contributed by atoms with Crippen LogP contribution in [0.3, 0.4) is 0 Å². The highest BCUT2D eigenvalue weighted by Gasteiger charge is 2.29. The molecule has 0 atom stereocenters. The Hall–Kier alpha value is -1.56. The summed E-state index contributed by atoms with van der Waals surface area (Å²) in [4.78, 5) is 0. The van der Waals surface area contributed by atoms with Crippen LogP contribution in [0, 0.1) is 6.92 Å². The van der Waals surface area contributed by atoms with Crippen LogP contribution in [-0.4, -0.2) is 0 Å². The number of hydrogen-bond donors (Lipinski definition) is 0. The van der Waals surface area contributed by atoms with E-state index in [1.165, 1.54) is 59.9 Å². The Labute approximate surface area is 167 Å². The first kappa shape index (κ1) is 20.2. The summed E-state index contributed by atoms with van der Waals surface area (Å²) in [6.45, 7) is 16.4. The van der Waals surface area contributed by atoms with Gasteiger partial charge in [-0.1, -0.05) is 103 Å². The highest BCUT2D eigenvalue weighted by molar-refractivity contribution is 5.77. The molecule has 0 bridgehead atoms. The number of rotatable bonds is 2. The zero-order valence-corrected chi connectivity index (χ0v) is 18.6. The van der Waals surface area contributed by atoms with Crippen molar-refractivity contribution in [1.29, 1.82) is 0 Å². The number of hydrogen-bond acceptors (Lipinski definition) is 0. The molecular formula is C27H38. The van der Waals surface area contributed by atoms with Crippen molar-refractivity contribution in [3.63, 3.8) is 0 Å². The molecule has 1 fully saturated rings. The zero-order valence-electron chi connectivity index (χ0n) is 18.6. The topological polar surface area (TPSA) is 0 Å². The maximum atomic E-state index is 2.43. The third-order valence-electron chi connectivity index (χ3n) is 6.17. The fourth-order valence-corrected chi connectivity index (χ4v) is 4.75. The van der Waals surface area contributed by atoms with E-state index in [1.54, 1.807) is 5.56 Å². The van der Waals surface area contributed by atoms with Crippen molar-refractivity contribution in [1.82, 2.24) is 0 Å². The fraction of sp³-hybridized carbons (Fsp3) is 0.556. The SMILES string of the molecule is Cc1cc(C(C)(C)C)c(-c2ccccc2C2CCCCC2)c(C(C)(C)C)c1. The summed E-state index contributed by atoms with van der Waals surface area (Å²) in [5, 5.41) is 0. The standard InChI is InChI=1S/C27H38/c1-19-17-23(26(2,3)4)25(24(18-19)27(5,6)7)22-16-12-11-15-21(22)20-13-9-8-10-14-20/h11-12,15-18,20H,8-10,13-14H2,1-7H3. The molecule has 0 radical (unpaired) electrons. The lowest BCUT2D eigenvalue weighted by atomic mass is 9.71. The van der Waals surface area contributed by atoms with Crippen molar-refractivity contribution in [2.24, 2.45) is 0 Å². The van der Waals surface area contributed by atoms with E-state index in [0.29, 0.717) is 0 Å². The molecule has 0 aromatic heterocycles. The lowest BCUT2D eigenvalue weighted by molar-refractivity contribution is 0.444. The van der Waals surface area contributed by atoms with Crippen molar-refractivity contribution in [3.8, 4) is 11.1 Å². The van der Waals surface area contributed by atoms with Crippen LogP contribution in [0.15, 0.2) is 36.4 Å². The molecule has 27 heavy (non-hydrogen) atoms. The molecule has 3 rings (SSSR count). The minimum Gasteiger partial charge on any atom is -0.0619 e. The molecule has 0 heterocycles. The summed E-state index contributed by atoms with van der Waals surface area (Å²) in [6.07, 6.45) is 6.86. The Morgan fingerprint density at radius 2 is 1.26 bits per heavy atom. The summed E-state index contributed by atoms with van der Waals surface area (Å²) in [7, 11) is 0. The lowest BCUT2D eigenvalue weighted by Gasteiger charge is -2.33. The highest BCUT2D eigenvalue weighted by Crippen LogP contribution is 2.45. The molecule has 0 spiro atoms. The van der Waals surface area contributed by atoms with Crippen molar-refractivity contribution >= 4 is 0 Å². The maximum absolute atomic E-state index is 2.43. The van der Waals surface area contributed by atoms with Gasteiger partial charge in [-0.05, 0) is 64.3 Å². The van der Waals surface area contributed by atoms with Gasteiger partial charge in [0, 0.05) is 0 Å². The van der Waals surface area contributed by atoms with Crippen LogP contribution in [0.5, 0.6) is 0 Å². The zero-order chi connectivity index (χ0) is 19.8. The predicted molar refractivity (Wildman–Crippen MR) is 120 cm³/mol. The number of benzene rings is 2. The second-order valence-corrected chi connectivity index (χ2v) is 10.7. The summed E-state index contributed by atoms with van der Waals surface area (Å²) in [5.74, 6) is 0.719. The Morgan fingerprint density at radius 3 is 1.78 bits per heavy atom. The molecule has 0 nitrogen and oxygen atoms in total. The fourth-order valence-electron chi connectivity index (χ4n) is 4.75. The van der Waals surface area contributed by atoms with Crippen molar-refractivity contribution in [3.05, 3.63) is 58.7 Å². The van der Waals surface area contributed by atoms with Gasteiger partial charge in [0.1, 0.15) is 0 Å². The van der Waals surface area contributed by atoms with E-state index in [2.05, 4.69) is 84.9 Å². The van der Waals surface area contributed by atoms with Crippen molar-refractivity contribution in [2.75, 3.05) is 0 Å². The molecule has 146 valence electrons. The van der Waals surface area contributed by atoms with E-state index < -0.39 is 0 Å². The summed E-state index contributed by atoms with van der Waals surface area (Å²) in [5.41, 5.74) is 9.19. The van der Waals surface area contributed by atoms with Gasteiger partial charge in [0.05, 0.1) is 0 Å². The third kappa shape index (κ3) is 4.31. The number of aryl methyl sites for hydroxylation is 1. The third-order valence-corrected chi connectivity index (χ3v) is 6.17. The molecule has 0 unspecified atom stereocenters. The molecule has 2 aromatic carbocycles. The van der Waals surface area contributed by atoms with Crippen LogP contribution >= 0.6 is 0 Å². The van der Waals surface area contributed by atoms with E-state index in [0.717, 1.165) is 5.92 Å². The maximum Gasteiger partial charge on any atom is -0.0106 e. The van der Waals surface area contributed by atoms with Crippen LogP contribution in [0.2, 0.25) is 0 Å². The second kappa shape index (κ2) is 7.46. The summed E-state index contributed by atoms with van der Waals surface area (Å²) in [6, 6.07) is 14.1. The van der Waals surface area contributed by atoms with Crippen LogP contribution in [0.25, 0.3) is 11.1 Å². The minimum absolute atomic E-state index is 0.126. The molecule has 1 aliphatic rings. The van der Waals surface area contributed by atoms with E-state index in [9.17, 15) is 0 Å². The minimum atomic E-state index is 0.126. The van der Waals surface area contributed by atoms with Crippen LogP contribution < -0.4 is 0 Å². The van der Waals surface area contributed by atoms with Crippen LogP contribution in [0.1, 0.15) is 102 Å². The Balaban J connectivity index is 2.31. The monoisotopic (exact) mass is 362 g/mol. The van der Waals surface area contributed by atoms with E-state index >= 15 is 0 Å². The van der Waals surface area contributed by atoms with Crippen molar-refractivity contribution in [2.45, 2.75) is 97.3 Å². The van der Waals surface area contributed by atoms with Gasteiger partial charge in [-0.25, -0.2) is 0 Å². The Bertz CT molecular complexity index is 755. The largest absolute Gasteiger partial charge is 0.0619 e. The molecule has 1 saturated carbocycles. The van der Waals surface area contributed by atoms with Gasteiger partial charge >= 0.3 is 0 Å². The smallest absolute Gasteiger partial charge is 0.0106 e. The normalized spacial score (nSPS) is 16.6. The first-order chi connectivity index (χ1) is 12.6. The quantitative estimate of drug-likeness (QED) is 0.504. The van der Waals surface area contributed by atoms with Gasteiger partial charge < -0.3 is 0 Å². The molecule has 0 amide bonds. The molecule has 0 aliphatic heterocycles. The Morgan fingerprint density at radius 1 is 0.741 bits per heavy atom. The van der Waals surface area contributed by atoms with E-state index in [1.807, 2.05) is 0 Å². The van der Waals surface area contributed by atoms with Gasteiger partial charge in [-0.2, -0.15) is 0 Å². The first-order valence-corrected chi connectivity index (χ1v) is 10.8. The molecular weight excluding hydrogens is 324 g/mol. The van der Waals surface area contributed by atoms with E-state index in [-0.39, 0.29) is 10.8 Å². The molecule has 0 heteroatoms. The van der Waals surface area contributed by atoms with Gasteiger partial charge in [0.15, 0.2) is 0 Å². The lowest BCUT2D eigenvalue weighted by Crippen LogP contribution is -2.20. The average Bonchev–Trinajstić information content (AvgIpc) is 2.60. The van der Waals surface area contributed by atoms with Gasteiger partial charge in [-0.3, -0.25) is 0 Å². The van der Waals surface area contributed by atoms with Gasteiger partial charge in [-0.15, -0.1) is 0 Å². The average molecular weight is 363 g/mol. The molecule has 1 aliphatic carbocycles. The van der Waals surface area contributed by atoms with Crippen LogP contribution in [0.4, 0.5) is 0 Å². The Kier molecular flexibility index (Phi) is 5.57. The van der Waals surface area contributed by atoms with Gasteiger partial charge in [0.25, 0.3) is 0 Å². The summed E-state index contributed by atoms with van der Waals surface area (Å²) < 4.78 is 0. The van der Waals surface area contributed by atoms with Crippen LogP contribution in [-0.2, 0) is 10.8 Å². The highest BCUT2D eigenvalue weighted by atomic mass is 14.3.